The quantitative estimate of drug-likeness (QED) is 0.745. The highest BCUT2D eigenvalue weighted by Crippen LogP contribution is 2.17. The molecule has 0 bridgehead atoms. The first kappa shape index (κ1) is 18.0. The van der Waals surface area contributed by atoms with Crippen molar-refractivity contribution in [3.63, 3.8) is 0 Å². The van der Waals surface area contributed by atoms with Gasteiger partial charge >= 0.3 is 5.97 Å². The summed E-state index contributed by atoms with van der Waals surface area (Å²) >= 11 is 1.57. The molecule has 0 aliphatic rings. The van der Waals surface area contributed by atoms with Crippen LogP contribution in [0.3, 0.4) is 0 Å². The molecule has 128 valence electrons. The number of thiophene rings is 1. The lowest BCUT2D eigenvalue weighted by Crippen LogP contribution is -2.30. The maximum atomic E-state index is 11.8. The average molecular weight is 347 g/mol. The Hall–Kier alpha value is -2.34. The minimum absolute atomic E-state index is 0.0875. The van der Waals surface area contributed by atoms with Crippen LogP contribution in [0.2, 0.25) is 0 Å². The van der Waals surface area contributed by atoms with Crippen molar-refractivity contribution in [2.45, 2.75) is 25.8 Å². The van der Waals surface area contributed by atoms with Gasteiger partial charge in [0.15, 0.2) is 6.61 Å². The van der Waals surface area contributed by atoms with Crippen molar-refractivity contribution in [2.24, 2.45) is 0 Å². The summed E-state index contributed by atoms with van der Waals surface area (Å²) < 4.78 is 10.1. The molecule has 2 rings (SSSR count). The van der Waals surface area contributed by atoms with Crippen molar-refractivity contribution >= 4 is 23.2 Å². The molecule has 1 aromatic heterocycles. The number of hydrogen-bond acceptors (Lipinski definition) is 5. The van der Waals surface area contributed by atoms with E-state index in [0.29, 0.717) is 6.42 Å². The molecule has 0 aliphatic carbocycles. The molecule has 1 aromatic carbocycles. The molecular weight excluding hydrogens is 326 g/mol. The molecule has 0 fully saturated rings. The fourth-order valence-corrected chi connectivity index (χ4v) is 2.88. The summed E-state index contributed by atoms with van der Waals surface area (Å²) in [5.74, 6) is 0.0938. The minimum atomic E-state index is -0.384. The number of hydrogen-bond donors (Lipinski definition) is 1. The number of carbonyl (C=O) groups is 2. The zero-order valence-corrected chi connectivity index (χ0v) is 14.6. The first-order valence-electron chi connectivity index (χ1n) is 7.70. The molecule has 0 aliphatic heterocycles. The molecule has 6 heteroatoms. The normalized spacial score (nSPS) is 11.6. The molecule has 24 heavy (non-hydrogen) atoms. The molecule has 1 heterocycles. The molecule has 0 saturated heterocycles. The molecule has 0 saturated carbocycles. The Morgan fingerprint density at radius 1 is 1.21 bits per heavy atom. The number of methoxy groups -OCH3 is 1. The van der Waals surface area contributed by atoms with Gasteiger partial charge in [-0.05, 0) is 42.5 Å². The Morgan fingerprint density at radius 3 is 2.58 bits per heavy atom. The second-order valence-electron chi connectivity index (χ2n) is 5.31. The van der Waals surface area contributed by atoms with Crippen LogP contribution in [0.15, 0.2) is 41.8 Å². The summed E-state index contributed by atoms with van der Waals surface area (Å²) in [6.45, 7) is 1.65. The van der Waals surface area contributed by atoms with Crippen molar-refractivity contribution in [1.82, 2.24) is 5.32 Å². The molecule has 1 N–H and O–H groups in total. The van der Waals surface area contributed by atoms with Crippen LogP contribution < -0.4 is 10.1 Å². The van der Waals surface area contributed by atoms with Crippen molar-refractivity contribution in [1.29, 1.82) is 0 Å². The van der Waals surface area contributed by atoms with Crippen LogP contribution in [0, 0.1) is 0 Å². The highest BCUT2D eigenvalue weighted by Gasteiger charge is 2.12. The van der Waals surface area contributed by atoms with E-state index in [4.69, 9.17) is 9.47 Å². The fraction of sp³-hybridized carbons (Fsp3) is 0.333. The number of ether oxygens (including phenoxy) is 2. The van der Waals surface area contributed by atoms with Gasteiger partial charge in [0.25, 0.3) is 5.91 Å². The smallest absolute Gasteiger partial charge is 0.306 e. The number of esters is 1. The summed E-state index contributed by atoms with van der Waals surface area (Å²) in [5, 5.41) is 4.76. The number of benzene rings is 1. The fourth-order valence-electron chi connectivity index (χ4n) is 2.15. The third kappa shape index (κ3) is 5.70. The van der Waals surface area contributed by atoms with Gasteiger partial charge < -0.3 is 14.8 Å². The van der Waals surface area contributed by atoms with E-state index in [1.807, 2.05) is 48.7 Å². The van der Waals surface area contributed by atoms with Gasteiger partial charge in [0.2, 0.25) is 0 Å². The number of rotatable bonds is 8. The molecule has 1 atom stereocenters. The van der Waals surface area contributed by atoms with Crippen molar-refractivity contribution in [3.05, 3.63) is 52.2 Å². The highest BCUT2D eigenvalue weighted by atomic mass is 32.1. The van der Waals surface area contributed by atoms with E-state index >= 15 is 0 Å². The topological polar surface area (TPSA) is 64.6 Å². The third-order valence-electron chi connectivity index (χ3n) is 3.49. The van der Waals surface area contributed by atoms with E-state index in [1.54, 1.807) is 18.4 Å². The molecule has 0 unspecified atom stereocenters. The number of aryl methyl sites for hydroxylation is 1. The lowest BCUT2D eigenvalue weighted by atomic mass is 10.1. The second kappa shape index (κ2) is 9.08. The van der Waals surface area contributed by atoms with E-state index in [0.717, 1.165) is 16.2 Å². The predicted octanol–water partition coefficient (Wildman–Crippen LogP) is 3.11. The van der Waals surface area contributed by atoms with E-state index in [-0.39, 0.29) is 30.9 Å². The second-order valence-corrected chi connectivity index (χ2v) is 6.29. The van der Waals surface area contributed by atoms with Crippen molar-refractivity contribution in [2.75, 3.05) is 13.7 Å². The van der Waals surface area contributed by atoms with Gasteiger partial charge in [-0.2, -0.15) is 0 Å². The Morgan fingerprint density at radius 2 is 1.96 bits per heavy atom. The molecule has 0 spiro atoms. The lowest BCUT2D eigenvalue weighted by Gasteiger charge is -2.12. The standard InChI is InChI=1S/C18H21NO4S/c1-13(16-4-3-11-24-16)19-17(20)12-23-18(21)10-7-14-5-8-15(22-2)9-6-14/h3-6,8-9,11,13H,7,10,12H2,1-2H3,(H,19,20)/t13-/m1/s1. The summed E-state index contributed by atoms with van der Waals surface area (Å²) in [6, 6.07) is 11.3. The van der Waals surface area contributed by atoms with E-state index in [9.17, 15) is 9.59 Å². The molecule has 1 amide bonds. The van der Waals surface area contributed by atoms with E-state index in [1.165, 1.54) is 0 Å². The largest absolute Gasteiger partial charge is 0.497 e. The lowest BCUT2D eigenvalue weighted by molar-refractivity contribution is -0.148. The maximum absolute atomic E-state index is 11.8. The van der Waals surface area contributed by atoms with Crippen LogP contribution in [0.5, 0.6) is 5.75 Å². The molecular formula is C18H21NO4S. The summed E-state index contributed by atoms with van der Waals surface area (Å²) in [4.78, 5) is 24.6. The third-order valence-corrected chi connectivity index (χ3v) is 4.54. The first-order valence-corrected chi connectivity index (χ1v) is 8.57. The molecule has 0 radical (unpaired) electrons. The predicted molar refractivity (Wildman–Crippen MR) is 93.2 cm³/mol. The van der Waals surface area contributed by atoms with Gasteiger partial charge in [0.1, 0.15) is 5.75 Å². The Bertz CT molecular complexity index is 652. The molecule has 5 nitrogen and oxygen atoms in total. The van der Waals surface area contributed by atoms with Crippen molar-refractivity contribution in [3.8, 4) is 5.75 Å². The van der Waals surface area contributed by atoms with Crippen LogP contribution in [0.25, 0.3) is 0 Å². The number of carbonyl (C=O) groups excluding carboxylic acids is 2. The van der Waals surface area contributed by atoms with Crippen LogP contribution >= 0.6 is 11.3 Å². The van der Waals surface area contributed by atoms with Crippen LogP contribution in [0.1, 0.15) is 29.8 Å². The number of nitrogens with one attached hydrogen (secondary N) is 1. The van der Waals surface area contributed by atoms with E-state index in [2.05, 4.69) is 5.32 Å². The zero-order chi connectivity index (χ0) is 17.4. The monoisotopic (exact) mass is 347 g/mol. The Balaban J connectivity index is 1.67. The van der Waals surface area contributed by atoms with Gasteiger partial charge in [0, 0.05) is 11.3 Å². The molecule has 2 aromatic rings. The van der Waals surface area contributed by atoms with Crippen LogP contribution in [-0.2, 0) is 20.7 Å². The van der Waals surface area contributed by atoms with Gasteiger partial charge in [0.05, 0.1) is 13.2 Å². The summed E-state index contributed by atoms with van der Waals surface area (Å²) in [6.07, 6.45) is 0.802. The van der Waals surface area contributed by atoms with Crippen LogP contribution in [-0.4, -0.2) is 25.6 Å². The summed E-state index contributed by atoms with van der Waals surface area (Å²) in [5.41, 5.74) is 1.02. The van der Waals surface area contributed by atoms with Crippen LogP contribution in [0.4, 0.5) is 0 Å². The highest BCUT2D eigenvalue weighted by molar-refractivity contribution is 7.10. The Kier molecular flexibility index (Phi) is 6.81. The van der Waals surface area contributed by atoms with Gasteiger partial charge in [-0.25, -0.2) is 0 Å². The minimum Gasteiger partial charge on any atom is -0.497 e. The average Bonchev–Trinajstić information content (AvgIpc) is 3.13. The number of amides is 1. The first-order chi connectivity index (χ1) is 11.6. The van der Waals surface area contributed by atoms with Gasteiger partial charge in [-0.3, -0.25) is 9.59 Å². The Labute approximate surface area is 145 Å². The zero-order valence-electron chi connectivity index (χ0n) is 13.8. The summed E-state index contributed by atoms with van der Waals surface area (Å²) in [7, 11) is 1.61. The van der Waals surface area contributed by atoms with Crippen molar-refractivity contribution < 1.29 is 19.1 Å². The van der Waals surface area contributed by atoms with Gasteiger partial charge in [-0.1, -0.05) is 18.2 Å². The maximum Gasteiger partial charge on any atom is 0.306 e. The van der Waals surface area contributed by atoms with Gasteiger partial charge in [-0.15, -0.1) is 11.3 Å². The van der Waals surface area contributed by atoms with E-state index < -0.39 is 0 Å². The SMILES string of the molecule is COc1ccc(CCC(=O)OCC(=O)N[C@H](C)c2cccs2)cc1.